The number of hydrogen-bond donors (Lipinski definition) is 1. The Hall–Kier alpha value is -1.33. The summed E-state index contributed by atoms with van der Waals surface area (Å²) in [5, 5.41) is 9.76. The van der Waals surface area contributed by atoms with E-state index in [-0.39, 0.29) is 24.0 Å². The second-order valence-corrected chi connectivity index (χ2v) is 6.77. The van der Waals surface area contributed by atoms with Crippen LogP contribution in [0.1, 0.15) is 51.2 Å². The Morgan fingerprint density at radius 3 is 2.00 bits per heavy atom. The van der Waals surface area contributed by atoms with Gasteiger partial charge in [0.25, 0.3) is 0 Å². The van der Waals surface area contributed by atoms with Crippen LogP contribution >= 0.6 is 0 Å². The minimum atomic E-state index is -4.42. The normalized spacial score (nSPS) is 17.9. The lowest BCUT2D eigenvalue weighted by Crippen LogP contribution is -2.22. The van der Waals surface area contributed by atoms with Gasteiger partial charge in [0.05, 0.1) is 6.42 Å². The topological polar surface area (TPSA) is 20.2 Å². The van der Waals surface area contributed by atoms with Gasteiger partial charge in [0.2, 0.25) is 5.82 Å². The molecule has 1 fully saturated rings. The molecule has 0 aliphatic heterocycles. The second kappa shape index (κ2) is 4.58. The lowest BCUT2D eigenvalue weighted by molar-refractivity contribution is -0.141. The monoisotopic (exact) mass is 308 g/mol. The lowest BCUT2D eigenvalue weighted by atomic mass is 9.81. The van der Waals surface area contributed by atoms with E-state index in [0.29, 0.717) is 0 Å². The molecule has 2 rings (SSSR count). The fourth-order valence-electron chi connectivity index (χ4n) is 2.64. The van der Waals surface area contributed by atoms with Crippen LogP contribution in [0.4, 0.5) is 22.0 Å². The third kappa shape index (κ3) is 2.99. The number of phenols is 1. The zero-order valence-corrected chi connectivity index (χ0v) is 12.0. The zero-order chi connectivity index (χ0) is 16.2. The van der Waals surface area contributed by atoms with Gasteiger partial charge in [-0.05, 0) is 29.9 Å². The molecule has 0 saturated heterocycles. The van der Waals surface area contributed by atoms with E-state index in [1.165, 1.54) is 6.07 Å². The van der Waals surface area contributed by atoms with Crippen LogP contribution in [-0.2, 0) is 10.8 Å². The van der Waals surface area contributed by atoms with Crippen LogP contribution in [0.5, 0.6) is 5.75 Å². The van der Waals surface area contributed by atoms with Crippen LogP contribution in [0.2, 0.25) is 0 Å². The maximum atomic E-state index is 13.9. The van der Waals surface area contributed by atoms with Gasteiger partial charge < -0.3 is 5.11 Å². The predicted molar refractivity (Wildman–Crippen MR) is 68.3 cm³/mol. The van der Waals surface area contributed by atoms with Gasteiger partial charge in [0.15, 0.2) is 11.6 Å². The van der Waals surface area contributed by atoms with Crippen LogP contribution in [0.25, 0.3) is 0 Å². The van der Waals surface area contributed by atoms with E-state index in [4.69, 9.17) is 0 Å². The van der Waals surface area contributed by atoms with E-state index in [0.717, 1.165) is 0 Å². The first-order valence-electron chi connectivity index (χ1n) is 6.66. The summed E-state index contributed by atoms with van der Waals surface area (Å²) in [7, 11) is 0. The molecule has 0 spiro atoms. The van der Waals surface area contributed by atoms with Crippen LogP contribution < -0.4 is 0 Å². The highest BCUT2D eigenvalue weighted by molar-refractivity contribution is 5.48. The van der Waals surface area contributed by atoms with Gasteiger partial charge >= 0.3 is 6.18 Å². The van der Waals surface area contributed by atoms with E-state index in [9.17, 15) is 27.1 Å². The maximum Gasteiger partial charge on any atom is 0.389 e. The predicted octanol–water partition coefficient (Wildman–Crippen LogP) is 4.95. The third-order valence-corrected chi connectivity index (χ3v) is 3.95. The number of alkyl halides is 3. The largest absolute Gasteiger partial charge is 0.505 e. The van der Waals surface area contributed by atoms with Gasteiger partial charge in [-0.15, -0.1) is 0 Å². The van der Waals surface area contributed by atoms with Crippen molar-refractivity contribution < 1.29 is 27.1 Å². The van der Waals surface area contributed by atoms with E-state index >= 15 is 0 Å². The van der Waals surface area contributed by atoms with E-state index in [2.05, 4.69) is 0 Å². The summed E-state index contributed by atoms with van der Waals surface area (Å²) in [6.07, 6.45) is -5.15. The molecular formula is C15H17F5O. The molecular weight excluding hydrogens is 291 g/mol. The lowest BCUT2D eigenvalue weighted by Gasteiger charge is -2.25. The Labute approximate surface area is 119 Å². The summed E-state index contributed by atoms with van der Waals surface area (Å²) in [5.74, 6) is -3.67. The molecule has 6 heteroatoms. The molecule has 0 heterocycles. The molecule has 21 heavy (non-hydrogen) atoms. The minimum absolute atomic E-state index is 0.0266. The van der Waals surface area contributed by atoms with Crippen LogP contribution in [-0.4, -0.2) is 11.3 Å². The molecule has 0 atom stereocenters. The minimum Gasteiger partial charge on any atom is -0.505 e. The second-order valence-electron chi connectivity index (χ2n) is 6.77. The average Bonchev–Trinajstić information content (AvgIpc) is 3.02. The molecule has 1 aliphatic rings. The molecule has 1 aromatic rings. The van der Waals surface area contributed by atoms with E-state index in [1.54, 1.807) is 20.8 Å². The van der Waals surface area contributed by atoms with Gasteiger partial charge in [-0.3, -0.25) is 0 Å². The fraction of sp³-hybridized carbons (Fsp3) is 0.600. The van der Waals surface area contributed by atoms with Gasteiger partial charge in [0, 0.05) is 11.0 Å². The van der Waals surface area contributed by atoms with Gasteiger partial charge in [-0.2, -0.15) is 17.6 Å². The number of aromatic hydroxyl groups is 1. The molecule has 1 saturated carbocycles. The van der Waals surface area contributed by atoms with Gasteiger partial charge in [-0.25, -0.2) is 4.39 Å². The maximum absolute atomic E-state index is 13.9. The molecule has 118 valence electrons. The molecule has 0 unspecified atom stereocenters. The van der Waals surface area contributed by atoms with Crippen molar-refractivity contribution >= 4 is 0 Å². The molecule has 1 aliphatic carbocycles. The van der Waals surface area contributed by atoms with E-state index < -0.39 is 40.8 Å². The summed E-state index contributed by atoms with van der Waals surface area (Å²) in [6, 6.07) is 1.19. The first-order chi connectivity index (χ1) is 9.37. The van der Waals surface area contributed by atoms with Crippen molar-refractivity contribution in [2.75, 3.05) is 0 Å². The molecule has 1 nitrogen and oxygen atoms in total. The van der Waals surface area contributed by atoms with Crippen molar-refractivity contribution in [3.05, 3.63) is 28.8 Å². The Kier molecular flexibility index (Phi) is 3.50. The van der Waals surface area contributed by atoms with Crippen LogP contribution in [0.3, 0.4) is 0 Å². The van der Waals surface area contributed by atoms with Crippen molar-refractivity contribution in [1.29, 1.82) is 0 Å². The Bertz CT molecular complexity index is 565. The van der Waals surface area contributed by atoms with Crippen LogP contribution in [0.15, 0.2) is 6.07 Å². The number of benzene rings is 1. The Morgan fingerprint density at radius 1 is 1.10 bits per heavy atom. The van der Waals surface area contributed by atoms with E-state index in [1.807, 2.05) is 0 Å². The highest BCUT2D eigenvalue weighted by atomic mass is 19.4. The van der Waals surface area contributed by atoms with Crippen molar-refractivity contribution in [2.24, 2.45) is 0 Å². The molecule has 0 radical (unpaired) electrons. The zero-order valence-electron chi connectivity index (χ0n) is 12.0. The summed E-state index contributed by atoms with van der Waals surface area (Å²) in [4.78, 5) is 0. The summed E-state index contributed by atoms with van der Waals surface area (Å²) >= 11 is 0. The third-order valence-electron chi connectivity index (χ3n) is 3.95. The average molecular weight is 308 g/mol. The van der Waals surface area contributed by atoms with Crippen molar-refractivity contribution in [3.63, 3.8) is 0 Å². The number of halogens is 5. The molecule has 0 aromatic heterocycles. The first-order valence-corrected chi connectivity index (χ1v) is 6.66. The molecule has 1 aromatic carbocycles. The smallest absolute Gasteiger partial charge is 0.389 e. The highest BCUT2D eigenvalue weighted by Gasteiger charge is 2.53. The first kappa shape index (κ1) is 16.0. The molecule has 0 bridgehead atoms. The summed E-state index contributed by atoms with van der Waals surface area (Å²) in [6.45, 7) is 4.90. The number of hydrogen-bond acceptors (Lipinski definition) is 1. The fourth-order valence-corrected chi connectivity index (χ4v) is 2.64. The van der Waals surface area contributed by atoms with Gasteiger partial charge in [0.1, 0.15) is 0 Å². The van der Waals surface area contributed by atoms with Crippen molar-refractivity contribution in [3.8, 4) is 5.75 Å². The quantitative estimate of drug-likeness (QED) is 0.766. The number of phenolic OH excluding ortho intramolecular Hbond substituents is 1. The van der Waals surface area contributed by atoms with Gasteiger partial charge in [-0.1, -0.05) is 20.8 Å². The number of rotatable bonds is 2. The summed E-state index contributed by atoms with van der Waals surface area (Å²) in [5.41, 5.74) is -2.26. The summed E-state index contributed by atoms with van der Waals surface area (Å²) < 4.78 is 65.8. The van der Waals surface area contributed by atoms with Crippen molar-refractivity contribution in [2.45, 2.75) is 57.0 Å². The Morgan fingerprint density at radius 2 is 1.62 bits per heavy atom. The molecule has 0 amide bonds. The Balaban J connectivity index is 2.58. The highest BCUT2D eigenvalue weighted by Crippen LogP contribution is 2.57. The molecule has 1 N–H and O–H groups in total. The SMILES string of the molecule is CC(C)(C)c1cc(C2(CC(F)(F)F)CC2)c(O)c(F)c1F. The standard InChI is InChI=1S/C15H17F5O/c1-13(2,3)8-6-9(12(21)11(17)10(8)16)14(4-5-14)7-15(18,19)20/h6,21H,4-5,7H2,1-3H3. The van der Waals surface area contributed by atoms with Crippen molar-refractivity contribution in [1.82, 2.24) is 0 Å². The van der Waals surface area contributed by atoms with Crippen LogP contribution in [0, 0.1) is 11.6 Å².